The fourth-order valence-electron chi connectivity index (χ4n) is 4.31. The standard InChI is InChI=1S/C27H26F3N7O/c1-35(2)24-16-33-25(17-32-24)36-11-13-37(14-12-36)26(38)18-3-6-20(7-4-18)34-22-9-10-31-23-15-19(27(28,29)30)5-8-21(22)23/h3-10,15-17H,11-14H2,1-2H3,(H,31,34). The predicted molar refractivity (Wildman–Crippen MR) is 141 cm³/mol. The van der Waals surface area contributed by atoms with Crippen LogP contribution in [0.5, 0.6) is 0 Å². The summed E-state index contributed by atoms with van der Waals surface area (Å²) in [5.74, 6) is 1.52. The van der Waals surface area contributed by atoms with E-state index in [4.69, 9.17) is 0 Å². The maximum Gasteiger partial charge on any atom is 0.416 e. The Morgan fingerprint density at radius 3 is 2.29 bits per heavy atom. The Bertz CT molecular complexity index is 1430. The molecule has 0 spiro atoms. The fourth-order valence-corrected chi connectivity index (χ4v) is 4.31. The highest BCUT2D eigenvalue weighted by Gasteiger charge is 2.30. The van der Waals surface area contributed by atoms with E-state index >= 15 is 0 Å². The minimum Gasteiger partial charge on any atom is -0.361 e. The molecular weight excluding hydrogens is 495 g/mol. The van der Waals surface area contributed by atoms with Crippen LogP contribution in [0, 0.1) is 0 Å². The third kappa shape index (κ3) is 5.31. The molecule has 1 amide bonds. The van der Waals surface area contributed by atoms with Crippen LogP contribution in [0.1, 0.15) is 15.9 Å². The van der Waals surface area contributed by atoms with Crippen molar-refractivity contribution >= 4 is 39.8 Å². The number of alkyl halides is 3. The zero-order valence-electron chi connectivity index (χ0n) is 20.9. The Balaban J connectivity index is 1.22. The lowest BCUT2D eigenvalue weighted by Gasteiger charge is -2.35. The van der Waals surface area contributed by atoms with Gasteiger partial charge in [-0.15, -0.1) is 0 Å². The number of benzene rings is 2. The molecular formula is C27H26F3N7O. The first kappa shape index (κ1) is 25.2. The molecule has 2 aromatic heterocycles. The highest BCUT2D eigenvalue weighted by molar-refractivity contribution is 5.96. The Kier molecular flexibility index (Phi) is 6.75. The quantitative estimate of drug-likeness (QED) is 0.404. The number of carbonyl (C=O) groups excluding carboxylic acids is 1. The number of hydrogen-bond acceptors (Lipinski definition) is 7. The molecule has 1 N–H and O–H groups in total. The van der Waals surface area contributed by atoms with Gasteiger partial charge in [0, 0.05) is 68.8 Å². The Hall–Kier alpha value is -4.41. The maximum absolute atomic E-state index is 13.1. The van der Waals surface area contributed by atoms with Crippen LogP contribution >= 0.6 is 0 Å². The van der Waals surface area contributed by atoms with Crippen LogP contribution in [-0.4, -0.2) is 66.0 Å². The van der Waals surface area contributed by atoms with Gasteiger partial charge in [0.15, 0.2) is 0 Å². The van der Waals surface area contributed by atoms with Crippen molar-refractivity contribution < 1.29 is 18.0 Å². The molecule has 196 valence electrons. The number of carbonyl (C=O) groups is 1. The maximum atomic E-state index is 13.1. The molecule has 0 aliphatic carbocycles. The summed E-state index contributed by atoms with van der Waals surface area (Å²) in [6.45, 7) is 2.46. The summed E-state index contributed by atoms with van der Waals surface area (Å²) in [5, 5.41) is 3.79. The lowest BCUT2D eigenvalue weighted by atomic mass is 10.1. The number of hydrogen-bond donors (Lipinski definition) is 1. The number of nitrogens with one attached hydrogen (secondary N) is 1. The van der Waals surface area contributed by atoms with Crippen molar-refractivity contribution in [1.29, 1.82) is 0 Å². The second-order valence-electron chi connectivity index (χ2n) is 9.20. The fraction of sp³-hybridized carbons (Fsp3) is 0.259. The van der Waals surface area contributed by atoms with E-state index in [0.29, 0.717) is 48.5 Å². The van der Waals surface area contributed by atoms with Crippen molar-refractivity contribution in [3.63, 3.8) is 0 Å². The molecule has 11 heteroatoms. The number of pyridine rings is 1. The molecule has 8 nitrogen and oxygen atoms in total. The van der Waals surface area contributed by atoms with Gasteiger partial charge < -0.3 is 20.0 Å². The van der Waals surface area contributed by atoms with Crippen molar-refractivity contribution in [2.24, 2.45) is 0 Å². The smallest absolute Gasteiger partial charge is 0.361 e. The van der Waals surface area contributed by atoms with E-state index in [1.54, 1.807) is 42.7 Å². The third-order valence-electron chi connectivity index (χ3n) is 6.45. The summed E-state index contributed by atoms with van der Waals surface area (Å²) in [4.78, 5) is 31.9. The molecule has 0 bridgehead atoms. The van der Waals surface area contributed by atoms with Crippen LogP contribution in [0.3, 0.4) is 0 Å². The van der Waals surface area contributed by atoms with Gasteiger partial charge in [-0.05, 0) is 42.5 Å². The van der Waals surface area contributed by atoms with Gasteiger partial charge in [-0.25, -0.2) is 9.97 Å². The number of aromatic nitrogens is 3. The van der Waals surface area contributed by atoms with Gasteiger partial charge in [0.2, 0.25) is 0 Å². The van der Waals surface area contributed by atoms with Crippen LogP contribution in [0.4, 0.5) is 36.2 Å². The molecule has 0 radical (unpaired) electrons. The van der Waals surface area contributed by atoms with Crippen molar-refractivity contribution in [3.8, 4) is 0 Å². The zero-order chi connectivity index (χ0) is 26.9. The van der Waals surface area contributed by atoms with Crippen LogP contribution < -0.4 is 15.1 Å². The van der Waals surface area contributed by atoms with Crippen molar-refractivity contribution in [2.45, 2.75) is 6.18 Å². The highest BCUT2D eigenvalue weighted by Crippen LogP contribution is 2.33. The first-order valence-corrected chi connectivity index (χ1v) is 12.1. The molecule has 1 fully saturated rings. The monoisotopic (exact) mass is 521 g/mol. The number of halogens is 3. The van der Waals surface area contributed by atoms with E-state index in [2.05, 4.69) is 25.2 Å². The summed E-state index contributed by atoms with van der Waals surface area (Å²) in [6.07, 6.45) is 0.515. The summed E-state index contributed by atoms with van der Waals surface area (Å²) in [7, 11) is 3.82. The molecule has 3 heterocycles. The van der Waals surface area contributed by atoms with Gasteiger partial charge in [-0.1, -0.05) is 6.07 Å². The zero-order valence-corrected chi connectivity index (χ0v) is 20.9. The molecule has 4 aromatic rings. The van der Waals surface area contributed by atoms with Gasteiger partial charge in [0.1, 0.15) is 11.6 Å². The SMILES string of the molecule is CN(C)c1cnc(N2CCN(C(=O)c3ccc(Nc4ccnc5cc(C(F)(F)F)ccc45)cc3)CC2)cn1. The Labute approximate surface area is 217 Å². The topological polar surface area (TPSA) is 77.5 Å². The van der Waals surface area contributed by atoms with Gasteiger partial charge >= 0.3 is 6.18 Å². The number of fused-ring (bicyclic) bond motifs is 1. The molecule has 1 aliphatic heterocycles. The number of nitrogens with zero attached hydrogens (tertiary/aromatic N) is 6. The molecule has 0 atom stereocenters. The Morgan fingerprint density at radius 2 is 1.66 bits per heavy atom. The van der Waals surface area contributed by atoms with Gasteiger partial charge in [-0.3, -0.25) is 9.78 Å². The normalized spacial score (nSPS) is 14.0. The first-order chi connectivity index (χ1) is 18.2. The summed E-state index contributed by atoms with van der Waals surface area (Å²) in [6, 6.07) is 12.2. The second kappa shape index (κ2) is 10.2. The van der Waals surface area contributed by atoms with Crippen LogP contribution in [0.2, 0.25) is 0 Å². The molecule has 0 saturated carbocycles. The number of amides is 1. The van der Waals surface area contributed by atoms with Crippen molar-refractivity contribution in [1.82, 2.24) is 19.9 Å². The minimum atomic E-state index is -4.43. The summed E-state index contributed by atoms with van der Waals surface area (Å²) in [5.41, 5.74) is 1.40. The summed E-state index contributed by atoms with van der Waals surface area (Å²) < 4.78 is 39.2. The average Bonchev–Trinajstić information content (AvgIpc) is 2.92. The van der Waals surface area contributed by atoms with E-state index in [1.807, 2.05) is 23.9 Å². The van der Waals surface area contributed by atoms with Gasteiger partial charge in [0.25, 0.3) is 5.91 Å². The molecule has 38 heavy (non-hydrogen) atoms. The van der Waals surface area contributed by atoms with Crippen molar-refractivity contribution in [3.05, 3.63) is 78.2 Å². The van der Waals surface area contributed by atoms with E-state index in [1.165, 1.54) is 12.3 Å². The minimum absolute atomic E-state index is 0.0562. The van der Waals surface area contributed by atoms with Crippen molar-refractivity contribution in [2.75, 3.05) is 55.4 Å². The number of piperazine rings is 1. The molecule has 0 unspecified atom stereocenters. The predicted octanol–water partition coefficient (Wildman–Crippen LogP) is 4.82. The van der Waals surface area contributed by atoms with Crippen LogP contribution in [0.25, 0.3) is 10.9 Å². The van der Waals surface area contributed by atoms with Crippen LogP contribution in [0.15, 0.2) is 67.1 Å². The molecule has 1 aliphatic rings. The molecule has 2 aromatic carbocycles. The lowest BCUT2D eigenvalue weighted by molar-refractivity contribution is -0.137. The number of rotatable bonds is 5. The van der Waals surface area contributed by atoms with E-state index in [9.17, 15) is 18.0 Å². The first-order valence-electron chi connectivity index (χ1n) is 12.1. The molecule has 5 rings (SSSR count). The van der Waals surface area contributed by atoms with E-state index in [0.717, 1.165) is 23.8 Å². The van der Waals surface area contributed by atoms with E-state index < -0.39 is 11.7 Å². The van der Waals surface area contributed by atoms with Gasteiger partial charge in [-0.2, -0.15) is 13.2 Å². The highest BCUT2D eigenvalue weighted by atomic mass is 19.4. The van der Waals surface area contributed by atoms with Gasteiger partial charge in [0.05, 0.1) is 23.5 Å². The second-order valence-corrected chi connectivity index (χ2v) is 9.20. The largest absolute Gasteiger partial charge is 0.416 e. The van der Waals surface area contributed by atoms with E-state index in [-0.39, 0.29) is 11.4 Å². The number of anilines is 4. The average molecular weight is 522 g/mol. The third-order valence-corrected chi connectivity index (χ3v) is 6.45. The molecule has 1 saturated heterocycles. The Morgan fingerprint density at radius 1 is 0.921 bits per heavy atom. The lowest BCUT2D eigenvalue weighted by Crippen LogP contribution is -2.49. The van der Waals surface area contributed by atoms with Crippen LogP contribution in [-0.2, 0) is 6.18 Å². The summed E-state index contributed by atoms with van der Waals surface area (Å²) >= 11 is 0.